The van der Waals surface area contributed by atoms with Crippen molar-refractivity contribution in [3.63, 3.8) is 0 Å². The van der Waals surface area contributed by atoms with E-state index in [9.17, 15) is 146 Å². The second kappa shape index (κ2) is 27.3. The monoisotopic (exact) mass is 1390 g/mol. The minimum atomic E-state index is -2.79. The van der Waals surface area contributed by atoms with Crippen molar-refractivity contribution in [1.82, 2.24) is 0 Å². The molecule has 21 N–H and O–H groups in total. The quantitative estimate of drug-likeness (QED) is 0.0262. The summed E-state index contributed by atoms with van der Waals surface area (Å²) in [6.45, 7) is -1.28. The first kappa shape index (κ1) is 69.7. The van der Waals surface area contributed by atoms with Gasteiger partial charge >= 0.3 is 47.8 Å². The lowest BCUT2D eigenvalue weighted by Crippen LogP contribution is -2.60. The summed E-state index contributed by atoms with van der Waals surface area (Å²) in [6, 6.07) is 8.06. The first-order chi connectivity index (χ1) is 47.0. The number of benzene rings is 8. The zero-order chi connectivity index (χ0) is 73.4. The third-order valence-corrected chi connectivity index (χ3v) is 14.4. The summed E-state index contributed by atoms with van der Waals surface area (Å²) in [5.41, 5.74) is -7.02. The number of rotatable bonds is 17. The Balaban J connectivity index is 1.21. The van der Waals surface area contributed by atoms with Crippen molar-refractivity contribution in [2.75, 3.05) is 6.61 Å². The molecule has 8 aromatic rings. The normalized spacial score (nSPS) is 15.5. The van der Waals surface area contributed by atoms with Crippen molar-refractivity contribution in [3.8, 4) is 138 Å². The molecular weight excluding hydrogens is 1350 g/mol. The molecule has 37 nitrogen and oxygen atoms in total. The predicted octanol–water partition coefficient (Wildman–Crippen LogP) is 4.24. The Bertz CT molecular complexity index is 4630. The summed E-state index contributed by atoms with van der Waals surface area (Å²) < 4.78 is 44.2. The van der Waals surface area contributed by atoms with Crippen LogP contribution in [0.5, 0.6) is 138 Å². The summed E-state index contributed by atoms with van der Waals surface area (Å²) in [4.78, 5) is 113. The van der Waals surface area contributed by atoms with Crippen LogP contribution in [0, 0.1) is 5.92 Å². The number of carbonyl (C=O) groups excluding carboxylic acids is 8. The highest BCUT2D eigenvalue weighted by Gasteiger charge is 2.54. The molecule has 8 aromatic carbocycles. The molecule has 0 saturated heterocycles. The van der Waals surface area contributed by atoms with Crippen molar-refractivity contribution in [3.05, 3.63) is 142 Å². The minimum absolute atomic E-state index is 0.396. The lowest BCUT2D eigenvalue weighted by molar-refractivity contribution is -0.170. The van der Waals surface area contributed by atoms with Gasteiger partial charge in [-0.15, -0.1) is 0 Å². The molecule has 3 unspecified atom stereocenters. The summed E-state index contributed by atoms with van der Waals surface area (Å²) in [5.74, 6) is -43.9. The largest absolute Gasteiger partial charge is 0.504 e. The molecule has 100 heavy (non-hydrogen) atoms. The number of phenols is 21. The van der Waals surface area contributed by atoms with Gasteiger partial charge in [0.2, 0.25) is 17.2 Å². The Kier molecular flexibility index (Phi) is 19.0. The van der Waals surface area contributed by atoms with Gasteiger partial charge < -0.3 is 145 Å². The molecule has 1 fully saturated rings. The molecule has 0 aromatic heterocycles. The Labute approximate surface area is 552 Å². The van der Waals surface area contributed by atoms with E-state index >= 15 is 0 Å². The Morgan fingerprint density at radius 3 is 0.740 bits per heavy atom. The van der Waals surface area contributed by atoms with Crippen LogP contribution in [-0.4, -0.2) is 186 Å². The Hall–Kier alpha value is -14.7. The van der Waals surface area contributed by atoms with E-state index in [-0.39, 0.29) is 0 Å². The lowest BCUT2D eigenvalue weighted by Gasteiger charge is -2.44. The number of hydrogen-bond donors (Lipinski definition) is 21. The molecule has 9 rings (SSSR count). The maximum Gasteiger partial charge on any atom is 0.343 e. The fourth-order valence-electron chi connectivity index (χ4n) is 9.45. The van der Waals surface area contributed by atoms with E-state index in [4.69, 9.17) is 37.9 Å². The summed E-state index contributed by atoms with van der Waals surface area (Å²) in [6.07, 6.45) is -11.5. The van der Waals surface area contributed by atoms with E-state index in [2.05, 4.69) is 0 Å². The van der Waals surface area contributed by atoms with E-state index in [1.165, 1.54) is 0 Å². The van der Waals surface area contributed by atoms with Crippen LogP contribution in [0.2, 0.25) is 0 Å². The molecule has 5 atom stereocenters. The van der Waals surface area contributed by atoms with E-state index in [1.807, 2.05) is 0 Å². The molecule has 0 radical (unpaired) electrons. The zero-order valence-electron chi connectivity index (χ0n) is 49.5. The van der Waals surface area contributed by atoms with Crippen molar-refractivity contribution < 1.29 is 183 Å². The van der Waals surface area contributed by atoms with Crippen LogP contribution < -0.4 is 14.2 Å². The highest BCUT2D eigenvalue weighted by Crippen LogP contribution is 2.46. The Morgan fingerprint density at radius 2 is 0.460 bits per heavy atom. The highest BCUT2D eigenvalue weighted by atomic mass is 16.6. The van der Waals surface area contributed by atoms with Gasteiger partial charge in [-0.3, -0.25) is 0 Å². The maximum absolute atomic E-state index is 15.0. The molecule has 0 heterocycles. The SMILES string of the molecule is O=C(OCC1CC(OC(=O)c2cc(O)c(O)c(O)c2)[C@@H](OC(=O)c2cc(O)c(O)c(OC(=O)c3cc(O)c(O)c(O)c3)c2)C(OC(=O)c2cc(O)c(O)c(OC(=O)c3cc(O)c(O)c(O)c3)c2)[C@@H]1OC(=O)c1cc(O)c(O)c(OC(=O)c2cc(O)c(O)c(O)c2)c1)c1cc(O)c(O)c(O)c1. The van der Waals surface area contributed by atoms with E-state index in [0.717, 1.165) is 0 Å². The molecule has 520 valence electrons. The number of hydrogen-bond acceptors (Lipinski definition) is 37. The third-order valence-electron chi connectivity index (χ3n) is 14.4. The van der Waals surface area contributed by atoms with Crippen molar-refractivity contribution in [2.45, 2.75) is 30.8 Å². The van der Waals surface area contributed by atoms with Crippen LogP contribution in [0.3, 0.4) is 0 Å². The standard InChI is InChI=1S/C63H46O37/c64-28-1-19(2-29(65)45(28)77)56(85)93-18-27-17-44(97-60(89)23-9-36(72)49(81)37(73)10-23)54(99-62(91)25-12-39(75)51(83)42(15-25)95-58(87)21-5-32(68)47(79)33(69)6-21)55(100-63(92)26-13-40(76)52(84)43(16-26)96-59(88)22-7-34(70)48(80)35(71)8-22)53(27)98-61(90)24-11-38(74)50(82)41(14-24)94-57(86)20-3-30(66)46(78)31(67)4-20/h1-16,27,44,53-55,64-84H,17-18H2/t27?,44?,53-,54-,55?/m1/s1. The van der Waals surface area contributed by atoms with Crippen molar-refractivity contribution in [2.24, 2.45) is 5.92 Å². The van der Waals surface area contributed by atoms with Crippen molar-refractivity contribution >= 4 is 47.8 Å². The van der Waals surface area contributed by atoms with Gasteiger partial charge in [-0.2, -0.15) is 0 Å². The van der Waals surface area contributed by atoms with Gasteiger partial charge in [-0.25, -0.2) is 38.4 Å². The summed E-state index contributed by atoms with van der Waals surface area (Å²) in [5, 5.41) is 217. The lowest BCUT2D eigenvalue weighted by atomic mass is 9.80. The Morgan fingerprint density at radius 1 is 0.250 bits per heavy atom. The minimum Gasteiger partial charge on any atom is -0.504 e. The molecular formula is C63H46O37. The third kappa shape index (κ3) is 14.4. The van der Waals surface area contributed by atoms with Gasteiger partial charge in [0, 0.05) is 5.92 Å². The second-order valence-electron chi connectivity index (χ2n) is 21.2. The highest BCUT2D eigenvalue weighted by molar-refractivity contribution is 5.98. The smallest absolute Gasteiger partial charge is 0.343 e. The first-order valence-electron chi connectivity index (χ1n) is 27.6. The molecule has 1 saturated carbocycles. The molecule has 0 amide bonds. The molecule has 1 aliphatic rings. The van der Waals surface area contributed by atoms with Crippen LogP contribution in [0.15, 0.2) is 97.1 Å². The van der Waals surface area contributed by atoms with Gasteiger partial charge in [0.05, 0.1) is 51.1 Å². The number of aromatic hydroxyl groups is 21. The number of carbonyl (C=O) groups is 8. The van der Waals surface area contributed by atoms with Gasteiger partial charge in [-0.1, -0.05) is 0 Å². The molecule has 1 aliphatic carbocycles. The van der Waals surface area contributed by atoms with Crippen molar-refractivity contribution in [1.29, 1.82) is 0 Å². The summed E-state index contributed by atoms with van der Waals surface area (Å²) >= 11 is 0. The van der Waals surface area contributed by atoms with Crippen LogP contribution in [0.4, 0.5) is 0 Å². The van der Waals surface area contributed by atoms with Gasteiger partial charge in [0.15, 0.2) is 133 Å². The van der Waals surface area contributed by atoms with Crippen LogP contribution in [-0.2, 0) is 23.7 Å². The fourth-order valence-corrected chi connectivity index (χ4v) is 9.45. The summed E-state index contributed by atoms with van der Waals surface area (Å²) in [7, 11) is 0. The average Bonchev–Trinajstić information content (AvgIpc) is 0.765. The van der Waals surface area contributed by atoms with Gasteiger partial charge in [0.25, 0.3) is 0 Å². The number of ether oxygens (including phenoxy) is 8. The van der Waals surface area contributed by atoms with E-state index in [0.29, 0.717) is 97.1 Å². The molecule has 37 heteroatoms. The van der Waals surface area contributed by atoms with Crippen LogP contribution >= 0.6 is 0 Å². The van der Waals surface area contributed by atoms with E-state index in [1.54, 1.807) is 0 Å². The van der Waals surface area contributed by atoms with Crippen LogP contribution in [0.25, 0.3) is 0 Å². The number of phenolic OH excluding ortho intramolecular Hbond substituents is 21. The topological polar surface area (TPSA) is 635 Å². The van der Waals surface area contributed by atoms with Crippen LogP contribution in [0.1, 0.15) is 89.3 Å². The zero-order valence-corrected chi connectivity index (χ0v) is 49.5. The average molecular weight is 1400 g/mol. The first-order valence-corrected chi connectivity index (χ1v) is 27.6. The van der Waals surface area contributed by atoms with Gasteiger partial charge in [-0.05, 0) is 103 Å². The maximum atomic E-state index is 15.0. The van der Waals surface area contributed by atoms with E-state index < -0.39 is 274 Å². The number of esters is 8. The van der Waals surface area contributed by atoms with Gasteiger partial charge in [0.1, 0.15) is 12.2 Å². The molecule has 0 spiro atoms. The molecule has 0 aliphatic heterocycles. The fraction of sp³-hybridized carbons (Fsp3) is 0.111. The predicted molar refractivity (Wildman–Crippen MR) is 317 cm³/mol. The second-order valence-corrected chi connectivity index (χ2v) is 21.2. The molecule has 0 bridgehead atoms.